The summed E-state index contributed by atoms with van der Waals surface area (Å²) in [7, 11) is -8.22. The minimum absolute atomic E-state index is 0.0667. The standard InChI is InChI=1S/C14H32NO7PS/c1-11(13(2,3)4)22-12(10-21-23(16,17)18)9-15(14(5,6)7)24(8,19)20/h11-12H,9-10H2,1-8H3,(H2,16,17,18)/t11?,12-/m0/s1. The molecule has 0 aromatic carbocycles. The van der Waals surface area contributed by atoms with E-state index in [9.17, 15) is 13.0 Å². The zero-order chi connectivity index (χ0) is 19.6. The summed E-state index contributed by atoms with van der Waals surface area (Å²) in [5.41, 5.74) is -0.930. The predicted octanol–water partition coefficient (Wildman–Crippen LogP) is 1.98. The van der Waals surface area contributed by atoms with Crippen molar-refractivity contribution in [2.45, 2.75) is 66.2 Å². The van der Waals surface area contributed by atoms with E-state index >= 15 is 0 Å². The van der Waals surface area contributed by atoms with Crippen LogP contribution in [0.25, 0.3) is 0 Å². The summed E-state index contributed by atoms with van der Waals surface area (Å²) in [5, 5.41) is 0. The molecule has 0 spiro atoms. The van der Waals surface area contributed by atoms with Crippen molar-refractivity contribution < 1.29 is 32.0 Å². The molecule has 0 aromatic heterocycles. The summed E-state index contributed by atoms with van der Waals surface area (Å²) in [6, 6.07) is 0. The van der Waals surface area contributed by atoms with Gasteiger partial charge in [0.15, 0.2) is 0 Å². The first-order valence-electron chi connectivity index (χ1n) is 7.67. The van der Waals surface area contributed by atoms with Crippen molar-refractivity contribution in [1.82, 2.24) is 4.31 Å². The monoisotopic (exact) mass is 389 g/mol. The van der Waals surface area contributed by atoms with Crippen molar-refractivity contribution in [1.29, 1.82) is 0 Å². The molecule has 0 fully saturated rings. The van der Waals surface area contributed by atoms with E-state index in [0.29, 0.717) is 0 Å². The highest BCUT2D eigenvalue weighted by Crippen LogP contribution is 2.36. The SMILES string of the molecule is CC(O[C@H](COP(=O)(O)O)CN(C(C)(C)C)S(C)(=O)=O)C(C)(C)C. The number of ether oxygens (including phenoxy) is 1. The molecule has 0 radical (unpaired) electrons. The summed E-state index contributed by atoms with van der Waals surface area (Å²) in [5.74, 6) is 0. The Morgan fingerprint density at radius 3 is 1.88 bits per heavy atom. The summed E-state index contributed by atoms with van der Waals surface area (Å²) >= 11 is 0. The molecule has 0 rings (SSSR count). The van der Waals surface area contributed by atoms with E-state index in [1.165, 1.54) is 4.31 Å². The van der Waals surface area contributed by atoms with Crippen LogP contribution in [0.3, 0.4) is 0 Å². The van der Waals surface area contributed by atoms with E-state index in [1.807, 2.05) is 27.7 Å². The van der Waals surface area contributed by atoms with Crippen LogP contribution in [-0.2, 0) is 23.8 Å². The number of rotatable bonds is 8. The Morgan fingerprint density at radius 2 is 1.58 bits per heavy atom. The zero-order valence-corrected chi connectivity index (χ0v) is 17.5. The van der Waals surface area contributed by atoms with E-state index in [-0.39, 0.29) is 18.1 Å². The fourth-order valence-corrected chi connectivity index (χ4v) is 3.69. The zero-order valence-electron chi connectivity index (χ0n) is 15.8. The van der Waals surface area contributed by atoms with Gasteiger partial charge < -0.3 is 14.5 Å². The van der Waals surface area contributed by atoms with E-state index in [4.69, 9.17) is 14.5 Å². The predicted molar refractivity (Wildman–Crippen MR) is 93.1 cm³/mol. The third kappa shape index (κ3) is 9.46. The molecule has 0 aliphatic carbocycles. The molecule has 0 aromatic rings. The molecule has 0 amide bonds. The lowest BCUT2D eigenvalue weighted by Crippen LogP contribution is -2.50. The molecule has 0 saturated carbocycles. The van der Waals surface area contributed by atoms with Crippen molar-refractivity contribution in [3.8, 4) is 0 Å². The Balaban J connectivity index is 5.40. The molecule has 24 heavy (non-hydrogen) atoms. The Hall–Kier alpha value is -0.0200. The van der Waals surface area contributed by atoms with Gasteiger partial charge >= 0.3 is 7.82 Å². The van der Waals surface area contributed by atoms with Gasteiger partial charge in [0, 0.05) is 12.1 Å². The quantitative estimate of drug-likeness (QED) is 0.610. The topological polar surface area (TPSA) is 113 Å². The summed E-state index contributed by atoms with van der Waals surface area (Å²) in [6.07, 6.45) is -0.00293. The first-order valence-corrected chi connectivity index (χ1v) is 11.1. The van der Waals surface area contributed by atoms with Crippen LogP contribution in [-0.4, -0.2) is 59.7 Å². The van der Waals surface area contributed by atoms with E-state index < -0.39 is 36.1 Å². The van der Waals surface area contributed by atoms with Crippen LogP contribution in [0, 0.1) is 5.41 Å². The van der Waals surface area contributed by atoms with Gasteiger partial charge in [0.25, 0.3) is 0 Å². The van der Waals surface area contributed by atoms with Gasteiger partial charge in [-0.15, -0.1) is 0 Å². The second kappa shape index (κ2) is 8.12. The number of phosphoric ester groups is 1. The molecule has 0 heterocycles. The van der Waals surface area contributed by atoms with E-state index in [2.05, 4.69) is 4.52 Å². The van der Waals surface area contributed by atoms with Crippen LogP contribution >= 0.6 is 7.82 Å². The highest BCUT2D eigenvalue weighted by atomic mass is 32.2. The Bertz CT molecular complexity index is 544. The minimum Gasteiger partial charge on any atom is -0.371 e. The van der Waals surface area contributed by atoms with Gasteiger partial charge in [-0.2, -0.15) is 4.31 Å². The minimum atomic E-state index is -4.68. The van der Waals surface area contributed by atoms with Gasteiger partial charge in [-0.05, 0) is 33.1 Å². The van der Waals surface area contributed by atoms with Crippen LogP contribution in [0.4, 0.5) is 0 Å². The second-order valence-corrected chi connectivity index (χ2v) is 11.2. The normalized spacial score (nSPS) is 17.1. The van der Waals surface area contributed by atoms with E-state index in [0.717, 1.165) is 6.26 Å². The summed E-state index contributed by atoms with van der Waals surface area (Å²) in [4.78, 5) is 17.8. The van der Waals surface area contributed by atoms with Gasteiger partial charge in [0.2, 0.25) is 10.0 Å². The van der Waals surface area contributed by atoms with Crippen LogP contribution in [0.5, 0.6) is 0 Å². The third-order valence-corrected chi connectivity index (χ3v) is 5.55. The van der Waals surface area contributed by atoms with Crippen molar-refractivity contribution in [3.05, 3.63) is 0 Å². The van der Waals surface area contributed by atoms with Gasteiger partial charge in [0.05, 0.1) is 25.1 Å². The number of phosphoric acid groups is 1. The molecule has 146 valence electrons. The smallest absolute Gasteiger partial charge is 0.371 e. The third-order valence-electron chi connectivity index (χ3n) is 3.56. The van der Waals surface area contributed by atoms with Crippen molar-refractivity contribution in [3.63, 3.8) is 0 Å². The van der Waals surface area contributed by atoms with Crippen LogP contribution < -0.4 is 0 Å². The molecule has 2 atom stereocenters. The van der Waals surface area contributed by atoms with Crippen molar-refractivity contribution >= 4 is 17.8 Å². The highest BCUT2D eigenvalue weighted by Gasteiger charge is 2.34. The Morgan fingerprint density at radius 1 is 1.12 bits per heavy atom. The Kier molecular flexibility index (Phi) is 8.11. The lowest BCUT2D eigenvalue weighted by molar-refractivity contribution is -0.0819. The molecule has 10 heteroatoms. The molecular formula is C14H32NO7PS. The molecule has 0 bridgehead atoms. The number of sulfonamides is 1. The first kappa shape index (κ1) is 24.0. The number of hydrogen-bond donors (Lipinski definition) is 2. The highest BCUT2D eigenvalue weighted by molar-refractivity contribution is 7.88. The molecule has 0 aliphatic rings. The van der Waals surface area contributed by atoms with Crippen LogP contribution in [0.1, 0.15) is 48.5 Å². The van der Waals surface area contributed by atoms with Crippen LogP contribution in [0.15, 0.2) is 0 Å². The Labute approximate surface area is 145 Å². The molecule has 0 saturated heterocycles. The maximum absolute atomic E-state index is 12.1. The maximum Gasteiger partial charge on any atom is 0.469 e. The second-order valence-electron chi connectivity index (χ2n) is 8.02. The summed E-state index contributed by atoms with van der Waals surface area (Å²) < 4.78 is 46.8. The fourth-order valence-electron chi connectivity index (χ4n) is 1.90. The van der Waals surface area contributed by atoms with Gasteiger partial charge in [0.1, 0.15) is 0 Å². The molecule has 0 aliphatic heterocycles. The van der Waals surface area contributed by atoms with Crippen LogP contribution in [0.2, 0.25) is 0 Å². The largest absolute Gasteiger partial charge is 0.469 e. The van der Waals surface area contributed by atoms with Gasteiger partial charge in [-0.3, -0.25) is 4.52 Å². The van der Waals surface area contributed by atoms with E-state index in [1.54, 1.807) is 20.8 Å². The molecule has 1 unspecified atom stereocenters. The average Bonchev–Trinajstić information content (AvgIpc) is 2.26. The molecule has 8 nitrogen and oxygen atoms in total. The lowest BCUT2D eigenvalue weighted by atomic mass is 9.90. The van der Waals surface area contributed by atoms with Crippen molar-refractivity contribution in [2.24, 2.45) is 5.41 Å². The lowest BCUT2D eigenvalue weighted by Gasteiger charge is -2.38. The van der Waals surface area contributed by atoms with Crippen molar-refractivity contribution in [2.75, 3.05) is 19.4 Å². The molecular weight excluding hydrogens is 357 g/mol. The maximum atomic E-state index is 12.1. The van der Waals surface area contributed by atoms with Gasteiger partial charge in [-0.1, -0.05) is 20.8 Å². The number of hydrogen-bond acceptors (Lipinski definition) is 5. The summed E-state index contributed by atoms with van der Waals surface area (Å²) in [6.45, 7) is 12.4. The van der Waals surface area contributed by atoms with Gasteiger partial charge in [-0.25, -0.2) is 13.0 Å². The molecule has 2 N–H and O–H groups in total. The average molecular weight is 389 g/mol. The first-order chi connectivity index (χ1) is 10.3. The fraction of sp³-hybridized carbons (Fsp3) is 1.00. The number of nitrogens with zero attached hydrogens (tertiary/aromatic N) is 1.